The van der Waals surface area contributed by atoms with Crippen molar-refractivity contribution in [2.75, 3.05) is 64.6 Å². The summed E-state index contributed by atoms with van der Waals surface area (Å²) in [5.41, 5.74) is 4.83. The van der Waals surface area contributed by atoms with Crippen LogP contribution in [0.15, 0.2) is 53.6 Å². The first-order valence-corrected chi connectivity index (χ1v) is 21.2. The van der Waals surface area contributed by atoms with Gasteiger partial charge in [-0.05, 0) is 56.7 Å². The monoisotopic (exact) mass is 911 g/mol. The number of aliphatic imine (C=N–C) groups is 1. The van der Waals surface area contributed by atoms with E-state index >= 15 is 0 Å². The second-order valence-electron chi connectivity index (χ2n) is 14.9. The van der Waals surface area contributed by atoms with Crippen molar-refractivity contribution in [3.8, 4) is 17.2 Å². The number of amides is 4. The van der Waals surface area contributed by atoms with Gasteiger partial charge in [0.15, 0.2) is 11.5 Å². The van der Waals surface area contributed by atoms with Gasteiger partial charge < -0.3 is 39.0 Å². The summed E-state index contributed by atoms with van der Waals surface area (Å²) in [5.74, 6) is 1.12. The van der Waals surface area contributed by atoms with Crippen LogP contribution in [0.4, 0.5) is 11.4 Å². The number of alkyl halides is 2. The van der Waals surface area contributed by atoms with Crippen LogP contribution < -0.4 is 24.4 Å². The average Bonchev–Trinajstić information content (AvgIpc) is 3.70. The van der Waals surface area contributed by atoms with E-state index in [0.29, 0.717) is 92.0 Å². The first kappa shape index (κ1) is 42.4. The van der Waals surface area contributed by atoms with E-state index in [1.807, 2.05) is 37.1 Å². The number of unbranched alkanes of at least 4 members (excludes halogenated alkanes) is 2. The fourth-order valence-electron chi connectivity index (χ4n) is 7.51. The summed E-state index contributed by atoms with van der Waals surface area (Å²) in [6.07, 6.45) is 5.61. The van der Waals surface area contributed by atoms with Gasteiger partial charge in [0.05, 0.1) is 74.5 Å². The second-order valence-corrected chi connectivity index (χ2v) is 17.4. The first-order chi connectivity index (χ1) is 27.4. The number of methoxy groups -OCH3 is 1. The lowest BCUT2D eigenvalue weighted by Crippen LogP contribution is -2.42. The Labute approximate surface area is 351 Å². The molecular weight excluding hydrogens is 862 g/mol. The largest absolute Gasteiger partial charge is 0.493 e. The third kappa shape index (κ3) is 9.92. The van der Waals surface area contributed by atoms with Crippen LogP contribution in [0.5, 0.6) is 17.2 Å². The molecule has 4 aliphatic rings. The Morgan fingerprint density at radius 3 is 2.33 bits per heavy atom. The summed E-state index contributed by atoms with van der Waals surface area (Å²) in [4.78, 5) is 62.6. The van der Waals surface area contributed by atoms with Crippen molar-refractivity contribution < 1.29 is 38.1 Å². The summed E-state index contributed by atoms with van der Waals surface area (Å²) >= 11 is 6.74. The van der Waals surface area contributed by atoms with Crippen LogP contribution in [-0.4, -0.2) is 121 Å². The van der Waals surface area contributed by atoms with E-state index in [4.69, 9.17) is 18.9 Å². The van der Waals surface area contributed by atoms with Gasteiger partial charge in [-0.1, -0.05) is 63.1 Å². The molecule has 0 saturated carbocycles. The van der Waals surface area contributed by atoms with Gasteiger partial charge in [0, 0.05) is 49.4 Å². The van der Waals surface area contributed by atoms with Gasteiger partial charge in [0.1, 0.15) is 10.6 Å². The van der Waals surface area contributed by atoms with Crippen molar-refractivity contribution in [1.29, 1.82) is 0 Å². The van der Waals surface area contributed by atoms with Gasteiger partial charge in [-0.3, -0.25) is 24.2 Å². The molecule has 306 valence electrons. The van der Waals surface area contributed by atoms with E-state index in [2.05, 4.69) is 55.3 Å². The predicted molar refractivity (Wildman–Crippen MR) is 226 cm³/mol. The number of benzene rings is 2. The minimum atomic E-state index is -0.360. The van der Waals surface area contributed by atoms with E-state index in [1.165, 1.54) is 0 Å². The Bertz CT molecular complexity index is 1940. The molecule has 4 atom stereocenters. The molecule has 13 nitrogen and oxygen atoms in total. The van der Waals surface area contributed by atoms with Crippen LogP contribution in [0.2, 0.25) is 0 Å². The van der Waals surface area contributed by atoms with Crippen molar-refractivity contribution in [2.24, 2.45) is 4.99 Å². The maximum absolute atomic E-state index is 13.8. The fourth-order valence-corrected chi connectivity index (χ4v) is 7.91. The summed E-state index contributed by atoms with van der Waals surface area (Å²) in [6, 6.07) is 6.85. The zero-order valence-electron chi connectivity index (χ0n) is 32.8. The van der Waals surface area contributed by atoms with Crippen molar-refractivity contribution >= 4 is 73.1 Å². The number of ether oxygens (including phenoxy) is 4. The van der Waals surface area contributed by atoms with Crippen LogP contribution in [0.3, 0.4) is 0 Å². The fraction of sp³-hybridized carbons (Fsp3) is 0.500. The molecule has 2 saturated heterocycles. The number of rotatable bonds is 17. The maximum atomic E-state index is 13.8. The summed E-state index contributed by atoms with van der Waals surface area (Å²) in [7, 11) is 1.56. The van der Waals surface area contributed by atoms with Gasteiger partial charge >= 0.3 is 0 Å². The van der Waals surface area contributed by atoms with Gasteiger partial charge in [0.25, 0.3) is 11.8 Å². The minimum absolute atomic E-state index is 0.0257. The number of anilines is 1. The average molecular weight is 914 g/mol. The molecule has 2 aromatic rings. The molecule has 0 aliphatic carbocycles. The molecule has 57 heavy (non-hydrogen) atoms. The number of aryl methyl sites for hydroxylation is 1. The van der Waals surface area contributed by atoms with Crippen molar-refractivity contribution in [1.82, 2.24) is 15.1 Å². The lowest BCUT2D eigenvalue weighted by atomic mass is 10.1. The number of nitrogens with one attached hydrogen (secondary N) is 1. The standard InChI is InChI=1S/C42H51Br2N5O8/c1-25-15-29-21-46-33-19-37(36(54-5)18-31(33)41(52)47(29)22-25)57-12-8-6-7-11-56-35-20-34-32(17-27(35)3)42(53)48-23-26(2)16-30(48)24-49(34)38(50)9-13-55-14-10-45-40(51)39(44)28(4)43/h17-21,28-30,39H,1-2,6-16,22-24H2,3-5H3,(H,45,51)/t28?,29-,30-,39?/m0/s1. The molecule has 4 amide bonds. The molecular formula is C42H51Br2N5O8. The highest BCUT2D eigenvalue weighted by Gasteiger charge is 2.40. The zero-order valence-corrected chi connectivity index (χ0v) is 36.0. The molecule has 2 aromatic carbocycles. The van der Waals surface area contributed by atoms with Crippen LogP contribution in [0, 0.1) is 6.92 Å². The van der Waals surface area contributed by atoms with Crippen LogP contribution in [0.25, 0.3) is 0 Å². The third-order valence-electron chi connectivity index (χ3n) is 10.5. The molecule has 15 heteroatoms. The van der Waals surface area contributed by atoms with E-state index in [0.717, 1.165) is 36.0 Å². The molecule has 1 N–H and O–H groups in total. The number of fused-ring (bicyclic) bond motifs is 4. The molecule has 4 aliphatic heterocycles. The van der Waals surface area contributed by atoms with Gasteiger partial charge in [-0.2, -0.15) is 0 Å². The van der Waals surface area contributed by atoms with Crippen LogP contribution in [0.1, 0.15) is 71.7 Å². The Hall–Kier alpha value is -4.21. The summed E-state index contributed by atoms with van der Waals surface area (Å²) < 4.78 is 23.7. The predicted octanol–water partition coefficient (Wildman–Crippen LogP) is 6.31. The number of nitrogens with zero attached hydrogens (tertiary/aromatic N) is 4. The van der Waals surface area contributed by atoms with Crippen molar-refractivity contribution in [3.63, 3.8) is 0 Å². The molecule has 6 rings (SSSR count). The SMILES string of the molecule is C=C1C[C@H]2CN(C(=O)CCOCCNC(=O)C(Br)C(C)Br)c3cc(OCCCCCOc4cc5c(cc4OC)C(=O)N4CC(=C)C[C@H]4C=N5)c(C)cc3C(=O)N2C1. The lowest BCUT2D eigenvalue weighted by Gasteiger charge is -2.26. The smallest absolute Gasteiger partial charge is 0.257 e. The van der Waals surface area contributed by atoms with Gasteiger partial charge in [-0.25, -0.2) is 0 Å². The van der Waals surface area contributed by atoms with Gasteiger partial charge in [-0.15, -0.1) is 0 Å². The van der Waals surface area contributed by atoms with Crippen molar-refractivity contribution in [2.45, 2.75) is 74.1 Å². The lowest BCUT2D eigenvalue weighted by molar-refractivity contribution is -0.121. The third-order valence-corrected chi connectivity index (χ3v) is 13.0. The Morgan fingerprint density at radius 1 is 0.895 bits per heavy atom. The van der Waals surface area contributed by atoms with E-state index < -0.39 is 0 Å². The number of halogens is 2. The van der Waals surface area contributed by atoms with Crippen molar-refractivity contribution in [3.05, 3.63) is 65.3 Å². The summed E-state index contributed by atoms with van der Waals surface area (Å²) in [6.45, 7) is 14.9. The topological polar surface area (TPSA) is 139 Å². The first-order valence-electron chi connectivity index (χ1n) is 19.4. The molecule has 0 radical (unpaired) electrons. The van der Waals surface area contributed by atoms with E-state index in [9.17, 15) is 19.2 Å². The highest BCUT2D eigenvalue weighted by molar-refractivity contribution is 9.12. The summed E-state index contributed by atoms with van der Waals surface area (Å²) in [5, 5.41) is 2.81. The molecule has 4 heterocycles. The quantitative estimate of drug-likeness (QED) is 0.111. The molecule has 2 unspecified atom stereocenters. The zero-order chi connectivity index (χ0) is 40.8. The highest BCUT2D eigenvalue weighted by atomic mass is 79.9. The highest BCUT2D eigenvalue weighted by Crippen LogP contribution is 2.39. The van der Waals surface area contributed by atoms with Crippen LogP contribution >= 0.6 is 31.9 Å². The van der Waals surface area contributed by atoms with E-state index in [1.54, 1.807) is 29.0 Å². The Kier molecular flexibility index (Phi) is 14.2. The van der Waals surface area contributed by atoms with Gasteiger partial charge in [0.2, 0.25) is 11.8 Å². The molecule has 2 fully saturated rings. The number of carbonyl (C=O) groups is 4. The number of hydrogen-bond donors (Lipinski definition) is 1. The molecule has 0 spiro atoms. The maximum Gasteiger partial charge on any atom is 0.257 e. The Morgan fingerprint density at radius 2 is 1.60 bits per heavy atom. The normalized spacial score (nSPS) is 19.6. The Balaban J connectivity index is 1.02. The van der Waals surface area contributed by atoms with Crippen LogP contribution in [-0.2, 0) is 14.3 Å². The minimum Gasteiger partial charge on any atom is -0.493 e. The second kappa shape index (κ2) is 19.0. The number of hydrogen-bond acceptors (Lipinski definition) is 9. The van der Waals surface area contributed by atoms with E-state index in [-0.39, 0.29) is 65.0 Å². The molecule has 0 aromatic heterocycles. The molecule has 0 bridgehead atoms. The number of carbonyl (C=O) groups excluding carboxylic acids is 4.